The van der Waals surface area contributed by atoms with Crippen molar-refractivity contribution in [1.82, 2.24) is 9.78 Å². The highest BCUT2D eigenvalue weighted by atomic mass is 32.2. The highest BCUT2D eigenvalue weighted by Gasteiger charge is 2.30. The van der Waals surface area contributed by atoms with Crippen LogP contribution in [0.1, 0.15) is 38.4 Å². The maximum Gasteiger partial charge on any atom is 0.266 e. The Hall–Kier alpha value is -1.04. The van der Waals surface area contributed by atoms with Crippen LogP contribution in [0.2, 0.25) is 0 Å². The number of nitrogens with zero attached hydrogens (tertiary/aromatic N) is 1. The van der Waals surface area contributed by atoms with Gasteiger partial charge in [0.1, 0.15) is 0 Å². The highest BCUT2D eigenvalue weighted by molar-refractivity contribution is 7.91. The minimum atomic E-state index is -2.96. The predicted molar refractivity (Wildman–Crippen MR) is 70.5 cm³/mol. The molecule has 1 N–H and O–H groups in total. The van der Waals surface area contributed by atoms with E-state index in [1.807, 2.05) is 0 Å². The van der Waals surface area contributed by atoms with Crippen molar-refractivity contribution in [3.8, 4) is 0 Å². The van der Waals surface area contributed by atoms with Crippen molar-refractivity contribution in [2.75, 3.05) is 11.5 Å². The fourth-order valence-corrected chi connectivity index (χ4v) is 3.98. The molecule has 1 aliphatic heterocycles. The molecule has 0 aromatic carbocycles. The van der Waals surface area contributed by atoms with Crippen molar-refractivity contribution in [1.29, 1.82) is 0 Å². The molecular weight excluding hydrogens is 252 g/mol. The summed E-state index contributed by atoms with van der Waals surface area (Å²) >= 11 is 0. The van der Waals surface area contributed by atoms with Gasteiger partial charge in [0.05, 0.1) is 17.5 Å². The molecule has 1 aliphatic rings. The van der Waals surface area contributed by atoms with Crippen molar-refractivity contribution in [3.05, 3.63) is 22.1 Å². The molecule has 5 nitrogen and oxygen atoms in total. The number of hydrogen-bond acceptors (Lipinski definition) is 3. The van der Waals surface area contributed by atoms with Crippen molar-refractivity contribution in [2.24, 2.45) is 5.92 Å². The third kappa shape index (κ3) is 3.04. The van der Waals surface area contributed by atoms with Gasteiger partial charge in [0.25, 0.3) is 5.56 Å². The Labute approximate surface area is 107 Å². The molecule has 18 heavy (non-hydrogen) atoms. The Morgan fingerprint density at radius 2 is 2.22 bits per heavy atom. The van der Waals surface area contributed by atoms with Crippen molar-refractivity contribution < 1.29 is 8.42 Å². The molecular formula is C12H20N2O3S. The monoisotopic (exact) mass is 272 g/mol. The summed E-state index contributed by atoms with van der Waals surface area (Å²) in [4.78, 5) is 11.8. The van der Waals surface area contributed by atoms with E-state index >= 15 is 0 Å². The molecule has 2 rings (SSSR count). The van der Waals surface area contributed by atoms with Gasteiger partial charge in [0.15, 0.2) is 9.84 Å². The number of aromatic nitrogens is 2. The summed E-state index contributed by atoms with van der Waals surface area (Å²) in [7, 11) is -2.96. The summed E-state index contributed by atoms with van der Waals surface area (Å²) < 4.78 is 24.3. The first kappa shape index (κ1) is 13.4. The van der Waals surface area contributed by atoms with Crippen LogP contribution in [-0.4, -0.2) is 29.7 Å². The van der Waals surface area contributed by atoms with E-state index in [0.29, 0.717) is 12.3 Å². The standard InChI is InChI=1S/C12H20N2O3S/c1-9(2)3-4-10-7-12(15)14(13-10)11-5-6-18(16,17)8-11/h7,9,11,13H,3-6,8H2,1-2H3. The molecule has 0 amide bonds. The Bertz CT molecular complexity index is 568. The normalized spacial score (nSPS) is 22.7. The lowest BCUT2D eigenvalue weighted by Crippen LogP contribution is -2.22. The van der Waals surface area contributed by atoms with Crippen LogP contribution < -0.4 is 5.56 Å². The van der Waals surface area contributed by atoms with Crippen LogP contribution >= 0.6 is 0 Å². The first-order valence-corrected chi connectivity index (χ1v) is 8.20. The molecule has 0 radical (unpaired) electrons. The lowest BCUT2D eigenvalue weighted by Gasteiger charge is -2.08. The molecule has 1 fully saturated rings. The van der Waals surface area contributed by atoms with Gasteiger partial charge in [-0.05, 0) is 25.2 Å². The number of hydrogen-bond donors (Lipinski definition) is 1. The predicted octanol–water partition coefficient (Wildman–Crippen LogP) is 1.12. The molecule has 0 spiro atoms. The van der Waals surface area contributed by atoms with Gasteiger partial charge in [0.2, 0.25) is 0 Å². The smallest absolute Gasteiger partial charge is 0.266 e. The second kappa shape index (κ2) is 4.91. The second-order valence-electron chi connectivity index (χ2n) is 5.48. The molecule has 6 heteroatoms. The molecule has 102 valence electrons. The molecule has 1 aromatic heterocycles. The van der Waals surface area contributed by atoms with Gasteiger partial charge in [-0.1, -0.05) is 13.8 Å². The van der Waals surface area contributed by atoms with Gasteiger partial charge >= 0.3 is 0 Å². The van der Waals surface area contributed by atoms with Crippen LogP contribution in [0.15, 0.2) is 10.9 Å². The van der Waals surface area contributed by atoms with Crippen LogP contribution in [0.3, 0.4) is 0 Å². The van der Waals surface area contributed by atoms with Gasteiger partial charge in [-0.3, -0.25) is 9.89 Å². The van der Waals surface area contributed by atoms with Gasteiger partial charge in [-0.15, -0.1) is 0 Å². The summed E-state index contributed by atoms with van der Waals surface area (Å²) in [6.07, 6.45) is 2.38. The zero-order valence-electron chi connectivity index (χ0n) is 10.8. The molecule has 0 bridgehead atoms. The Morgan fingerprint density at radius 1 is 1.50 bits per heavy atom. The van der Waals surface area contributed by atoms with E-state index in [1.165, 1.54) is 4.68 Å². The van der Waals surface area contributed by atoms with Crippen molar-refractivity contribution >= 4 is 9.84 Å². The number of aryl methyl sites for hydroxylation is 1. The van der Waals surface area contributed by atoms with Crippen LogP contribution in [0, 0.1) is 5.92 Å². The quantitative estimate of drug-likeness (QED) is 0.893. The van der Waals surface area contributed by atoms with Crippen LogP contribution in [0.25, 0.3) is 0 Å². The highest BCUT2D eigenvalue weighted by Crippen LogP contribution is 2.21. The Kier molecular flexibility index (Phi) is 3.66. The molecule has 1 aromatic rings. The van der Waals surface area contributed by atoms with Crippen LogP contribution in [0.4, 0.5) is 0 Å². The lowest BCUT2D eigenvalue weighted by molar-refractivity contribution is 0.478. The zero-order valence-corrected chi connectivity index (χ0v) is 11.7. The largest absolute Gasteiger partial charge is 0.299 e. The number of sulfone groups is 1. The van der Waals surface area contributed by atoms with Gasteiger partial charge in [0, 0.05) is 11.8 Å². The van der Waals surface area contributed by atoms with E-state index in [9.17, 15) is 13.2 Å². The maximum absolute atomic E-state index is 11.8. The first-order chi connectivity index (χ1) is 8.37. The van der Waals surface area contributed by atoms with Crippen LogP contribution in [-0.2, 0) is 16.3 Å². The van der Waals surface area contributed by atoms with E-state index in [0.717, 1.165) is 18.5 Å². The summed E-state index contributed by atoms with van der Waals surface area (Å²) in [5, 5.41) is 3.06. The topological polar surface area (TPSA) is 71.9 Å². The lowest BCUT2D eigenvalue weighted by atomic mass is 10.1. The molecule has 0 saturated carbocycles. The molecule has 2 heterocycles. The fourth-order valence-electron chi connectivity index (χ4n) is 2.28. The van der Waals surface area contributed by atoms with Crippen LogP contribution in [0.5, 0.6) is 0 Å². The third-order valence-corrected chi connectivity index (χ3v) is 5.11. The van der Waals surface area contributed by atoms with Gasteiger partial charge in [-0.2, -0.15) is 0 Å². The maximum atomic E-state index is 11.8. The first-order valence-electron chi connectivity index (χ1n) is 6.38. The average Bonchev–Trinajstić information content (AvgIpc) is 2.78. The van der Waals surface area contributed by atoms with E-state index in [2.05, 4.69) is 18.9 Å². The number of aromatic amines is 1. The fraction of sp³-hybridized carbons (Fsp3) is 0.750. The third-order valence-electron chi connectivity index (χ3n) is 3.36. The van der Waals surface area contributed by atoms with Crippen molar-refractivity contribution in [3.63, 3.8) is 0 Å². The van der Waals surface area contributed by atoms with Gasteiger partial charge < -0.3 is 0 Å². The van der Waals surface area contributed by atoms with E-state index in [4.69, 9.17) is 0 Å². The molecule has 0 aliphatic carbocycles. The second-order valence-corrected chi connectivity index (χ2v) is 7.71. The number of nitrogens with one attached hydrogen (secondary N) is 1. The average molecular weight is 272 g/mol. The number of H-pyrrole nitrogens is 1. The molecule has 1 unspecified atom stereocenters. The Balaban J connectivity index is 2.13. The van der Waals surface area contributed by atoms with Gasteiger partial charge in [-0.25, -0.2) is 13.1 Å². The minimum Gasteiger partial charge on any atom is -0.299 e. The van der Waals surface area contributed by atoms with E-state index in [-0.39, 0.29) is 23.1 Å². The molecule has 1 atom stereocenters. The Morgan fingerprint density at radius 3 is 2.78 bits per heavy atom. The summed E-state index contributed by atoms with van der Waals surface area (Å²) in [6.45, 7) is 4.28. The molecule has 1 saturated heterocycles. The summed E-state index contributed by atoms with van der Waals surface area (Å²) in [6, 6.07) is 1.38. The summed E-state index contributed by atoms with van der Waals surface area (Å²) in [5.41, 5.74) is 0.786. The number of rotatable bonds is 4. The zero-order chi connectivity index (χ0) is 13.3. The summed E-state index contributed by atoms with van der Waals surface area (Å²) in [5.74, 6) is 0.852. The van der Waals surface area contributed by atoms with E-state index < -0.39 is 9.84 Å². The van der Waals surface area contributed by atoms with Crippen molar-refractivity contribution in [2.45, 2.75) is 39.2 Å². The van der Waals surface area contributed by atoms with E-state index in [1.54, 1.807) is 6.07 Å². The SMILES string of the molecule is CC(C)CCc1cc(=O)n(C2CCS(=O)(=O)C2)[nH]1. The minimum absolute atomic E-state index is 0.0804.